The van der Waals surface area contributed by atoms with E-state index in [2.05, 4.69) is 10.6 Å². The highest BCUT2D eigenvalue weighted by Crippen LogP contribution is 2.30. The van der Waals surface area contributed by atoms with Crippen molar-refractivity contribution in [3.63, 3.8) is 0 Å². The van der Waals surface area contributed by atoms with E-state index >= 15 is 0 Å². The number of amides is 3. The minimum Gasteiger partial charge on any atom is -0.336 e. The van der Waals surface area contributed by atoms with Crippen LogP contribution in [0.3, 0.4) is 0 Å². The van der Waals surface area contributed by atoms with Crippen molar-refractivity contribution in [2.45, 2.75) is 33.2 Å². The van der Waals surface area contributed by atoms with Crippen LogP contribution in [0, 0.1) is 0 Å². The Labute approximate surface area is 113 Å². The Hall–Kier alpha value is -2.04. The molecule has 2 rings (SSSR count). The Morgan fingerprint density at radius 2 is 2.16 bits per heavy atom. The van der Waals surface area contributed by atoms with Crippen LogP contribution in [0.2, 0.25) is 0 Å². The molecule has 0 bridgehead atoms. The number of urea groups is 1. The van der Waals surface area contributed by atoms with Crippen molar-refractivity contribution in [1.29, 1.82) is 0 Å². The molecule has 1 aliphatic heterocycles. The summed E-state index contributed by atoms with van der Waals surface area (Å²) in [5.74, 6) is 0.112. The third kappa shape index (κ3) is 2.86. The number of fused-ring (bicyclic) bond motifs is 1. The van der Waals surface area contributed by atoms with Gasteiger partial charge in [-0.15, -0.1) is 0 Å². The van der Waals surface area contributed by atoms with Gasteiger partial charge in [0.2, 0.25) is 5.91 Å². The highest BCUT2D eigenvalue weighted by atomic mass is 16.2. The molecule has 0 unspecified atom stereocenters. The van der Waals surface area contributed by atoms with Crippen LogP contribution in [0.5, 0.6) is 0 Å². The molecule has 0 aliphatic carbocycles. The van der Waals surface area contributed by atoms with Crippen molar-refractivity contribution in [3.8, 4) is 0 Å². The lowest BCUT2D eigenvalue weighted by atomic mass is 10.1. The first kappa shape index (κ1) is 13.4. The number of hydrogen-bond donors (Lipinski definition) is 2. The quantitative estimate of drug-likeness (QED) is 0.875. The summed E-state index contributed by atoms with van der Waals surface area (Å²) in [7, 11) is 0. The van der Waals surface area contributed by atoms with Gasteiger partial charge in [-0.3, -0.25) is 4.79 Å². The Balaban J connectivity index is 2.13. The lowest BCUT2D eigenvalue weighted by Crippen LogP contribution is -2.34. The second-order valence-corrected chi connectivity index (χ2v) is 4.91. The molecule has 1 aromatic rings. The number of carbonyl (C=O) groups is 2. The van der Waals surface area contributed by atoms with Crippen molar-refractivity contribution in [2.24, 2.45) is 0 Å². The predicted octanol–water partition coefficient (Wildman–Crippen LogP) is 2.13. The lowest BCUT2D eigenvalue weighted by Gasteiger charge is -2.15. The first-order valence-electron chi connectivity index (χ1n) is 6.52. The minimum atomic E-state index is -0.230. The Bertz CT molecular complexity index is 511. The Morgan fingerprint density at radius 3 is 2.79 bits per heavy atom. The highest BCUT2D eigenvalue weighted by Gasteiger charge is 2.25. The van der Waals surface area contributed by atoms with Crippen molar-refractivity contribution in [3.05, 3.63) is 23.8 Å². The second kappa shape index (κ2) is 5.30. The van der Waals surface area contributed by atoms with Gasteiger partial charge in [-0.25, -0.2) is 4.79 Å². The van der Waals surface area contributed by atoms with E-state index in [9.17, 15) is 9.59 Å². The normalized spacial score (nSPS) is 13.7. The fraction of sp³-hybridized carbons (Fsp3) is 0.429. The van der Waals surface area contributed by atoms with E-state index in [-0.39, 0.29) is 18.0 Å². The van der Waals surface area contributed by atoms with Crippen LogP contribution in [-0.2, 0) is 11.2 Å². The molecular weight excluding hydrogens is 242 g/mol. The smallest absolute Gasteiger partial charge is 0.319 e. The minimum absolute atomic E-state index is 0.0894. The van der Waals surface area contributed by atoms with Crippen LogP contribution in [0.15, 0.2) is 18.2 Å². The van der Waals surface area contributed by atoms with Gasteiger partial charge < -0.3 is 15.5 Å². The highest BCUT2D eigenvalue weighted by molar-refractivity contribution is 6.02. The summed E-state index contributed by atoms with van der Waals surface area (Å²) in [6, 6.07) is 5.43. The third-order valence-corrected chi connectivity index (χ3v) is 3.01. The zero-order valence-electron chi connectivity index (χ0n) is 11.5. The van der Waals surface area contributed by atoms with Crippen molar-refractivity contribution >= 4 is 23.3 Å². The van der Waals surface area contributed by atoms with Gasteiger partial charge in [0.1, 0.15) is 0 Å². The van der Waals surface area contributed by atoms with E-state index in [0.717, 1.165) is 11.3 Å². The maximum Gasteiger partial charge on any atom is 0.319 e. The van der Waals surface area contributed by atoms with Gasteiger partial charge in [0.25, 0.3) is 0 Å². The number of rotatable bonds is 3. The number of nitrogens with one attached hydrogen (secondary N) is 2. The fourth-order valence-corrected chi connectivity index (χ4v) is 2.24. The number of anilines is 2. The standard InChI is InChI=1S/C14H19N3O2/c1-4-17-12-6-5-11(7-10(12)8-13(17)18)16-14(19)15-9(2)3/h5-7,9H,4,8H2,1-3H3,(H2,15,16,19). The van der Waals surface area contributed by atoms with E-state index < -0.39 is 0 Å². The molecule has 2 N–H and O–H groups in total. The molecule has 0 spiro atoms. The molecule has 5 heteroatoms. The molecule has 0 radical (unpaired) electrons. The summed E-state index contributed by atoms with van der Waals surface area (Å²) in [4.78, 5) is 25.1. The summed E-state index contributed by atoms with van der Waals surface area (Å²) < 4.78 is 0. The van der Waals surface area contributed by atoms with E-state index in [1.165, 1.54) is 0 Å². The molecule has 0 atom stereocenters. The molecule has 1 aliphatic rings. The first-order chi connectivity index (χ1) is 9.01. The SMILES string of the molecule is CCN1C(=O)Cc2cc(NC(=O)NC(C)C)ccc21. The molecule has 3 amide bonds. The zero-order chi connectivity index (χ0) is 14.0. The van der Waals surface area contributed by atoms with Crippen molar-refractivity contribution in [1.82, 2.24) is 5.32 Å². The number of carbonyl (C=O) groups excluding carboxylic acids is 2. The topological polar surface area (TPSA) is 61.4 Å². The molecule has 1 heterocycles. The van der Waals surface area contributed by atoms with Crippen LogP contribution >= 0.6 is 0 Å². The fourth-order valence-electron chi connectivity index (χ4n) is 2.24. The van der Waals surface area contributed by atoms with Gasteiger partial charge in [0.05, 0.1) is 6.42 Å². The summed E-state index contributed by atoms with van der Waals surface area (Å²) in [6.45, 7) is 6.43. The molecule has 102 valence electrons. The van der Waals surface area contributed by atoms with Gasteiger partial charge in [0, 0.05) is 24.0 Å². The second-order valence-electron chi connectivity index (χ2n) is 4.91. The molecule has 0 saturated carbocycles. The summed E-state index contributed by atoms with van der Waals surface area (Å²) >= 11 is 0. The number of hydrogen-bond acceptors (Lipinski definition) is 2. The van der Waals surface area contributed by atoms with Gasteiger partial charge in [-0.05, 0) is 44.5 Å². The van der Waals surface area contributed by atoms with E-state index in [4.69, 9.17) is 0 Å². The molecular formula is C14H19N3O2. The maximum absolute atomic E-state index is 11.8. The van der Waals surface area contributed by atoms with Crippen molar-refractivity contribution in [2.75, 3.05) is 16.8 Å². The van der Waals surface area contributed by atoms with Crippen molar-refractivity contribution < 1.29 is 9.59 Å². The molecule has 1 aromatic carbocycles. The van der Waals surface area contributed by atoms with Crippen LogP contribution in [0.1, 0.15) is 26.3 Å². The van der Waals surface area contributed by atoms with E-state index in [1.54, 1.807) is 4.90 Å². The Morgan fingerprint density at radius 1 is 1.42 bits per heavy atom. The first-order valence-corrected chi connectivity index (χ1v) is 6.52. The van der Waals surface area contributed by atoms with Crippen LogP contribution in [-0.4, -0.2) is 24.5 Å². The Kier molecular flexibility index (Phi) is 3.74. The van der Waals surface area contributed by atoms with Crippen LogP contribution < -0.4 is 15.5 Å². The number of likely N-dealkylation sites (N-methyl/N-ethyl adjacent to an activating group) is 1. The third-order valence-electron chi connectivity index (χ3n) is 3.01. The number of nitrogens with zero attached hydrogens (tertiary/aromatic N) is 1. The molecule has 0 aromatic heterocycles. The molecule has 0 fully saturated rings. The van der Waals surface area contributed by atoms with E-state index in [0.29, 0.717) is 18.7 Å². The van der Waals surface area contributed by atoms with Gasteiger partial charge in [-0.2, -0.15) is 0 Å². The zero-order valence-corrected chi connectivity index (χ0v) is 11.5. The molecule has 5 nitrogen and oxygen atoms in total. The molecule has 19 heavy (non-hydrogen) atoms. The monoisotopic (exact) mass is 261 g/mol. The molecule has 0 saturated heterocycles. The average Bonchev–Trinajstić information content (AvgIpc) is 2.62. The predicted molar refractivity (Wildman–Crippen MR) is 75.5 cm³/mol. The number of benzene rings is 1. The summed E-state index contributed by atoms with van der Waals surface area (Å²) in [6.07, 6.45) is 0.407. The van der Waals surface area contributed by atoms with E-state index in [1.807, 2.05) is 39.0 Å². The average molecular weight is 261 g/mol. The van der Waals surface area contributed by atoms with Crippen LogP contribution in [0.4, 0.5) is 16.2 Å². The van der Waals surface area contributed by atoms with Gasteiger partial charge >= 0.3 is 6.03 Å². The summed E-state index contributed by atoms with van der Waals surface area (Å²) in [5, 5.41) is 5.53. The summed E-state index contributed by atoms with van der Waals surface area (Å²) in [5.41, 5.74) is 2.62. The van der Waals surface area contributed by atoms with Gasteiger partial charge in [0.15, 0.2) is 0 Å². The van der Waals surface area contributed by atoms with Crippen LogP contribution in [0.25, 0.3) is 0 Å². The lowest BCUT2D eigenvalue weighted by molar-refractivity contribution is -0.117. The van der Waals surface area contributed by atoms with Gasteiger partial charge in [-0.1, -0.05) is 0 Å². The maximum atomic E-state index is 11.8. The largest absolute Gasteiger partial charge is 0.336 e.